The normalized spacial score (nSPS) is 11.3. The second kappa shape index (κ2) is 16.8. The van der Waals surface area contributed by atoms with Crippen molar-refractivity contribution >= 4 is 38.8 Å². The maximum absolute atomic E-state index is 4.92. The molecule has 0 atom stereocenters. The molecule has 0 unspecified atom stereocenters. The molecular formula is C46H43N3. The number of aromatic nitrogens is 3. The van der Waals surface area contributed by atoms with Crippen LogP contribution in [0.4, 0.5) is 0 Å². The summed E-state index contributed by atoms with van der Waals surface area (Å²) in [5, 5.41) is 4.99. The maximum Gasteiger partial charge on any atom is 0.164 e. The highest BCUT2D eigenvalue weighted by Crippen LogP contribution is 2.34. The van der Waals surface area contributed by atoms with Crippen LogP contribution in [0.5, 0.6) is 0 Å². The maximum atomic E-state index is 4.92. The molecule has 0 aliphatic carbocycles. The van der Waals surface area contributed by atoms with E-state index in [0.29, 0.717) is 17.5 Å². The van der Waals surface area contributed by atoms with Crippen LogP contribution in [0.3, 0.4) is 0 Å². The minimum absolute atomic E-state index is 0.657. The third-order valence-electron chi connectivity index (χ3n) is 8.24. The largest absolute Gasteiger partial charge is 0.208 e. The highest BCUT2D eigenvalue weighted by atomic mass is 15.0. The van der Waals surface area contributed by atoms with Crippen LogP contribution in [0, 0.1) is 6.92 Å². The van der Waals surface area contributed by atoms with Gasteiger partial charge in [0.1, 0.15) is 0 Å². The number of fused-ring (bicyclic) bond motifs is 3. The van der Waals surface area contributed by atoms with Gasteiger partial charge in [0.15, 0.2) is 17.5 Å². The van der Waals surface area contributed by atoms with E-state index in [9.17, 15) is 0 Å². The van der Waals surface area contributed by atoms with Gasteiger partial charge in [0.2, 0.25) is 0 Å². The third-order valence-corrected chi connectivity index (χ3v) is 8.24. The Morgan fingerprint density at radius 1 is 0.592 bits per heavy atom. The lowest BCUT2D eigenvalue weighted by Crippen LogP contribution is -2.02. The molecule has 0 aliphatic heterocycles. The number of hydrogen-bond donors (Lipinski definition) is 0. The lowest BCUT2D eigenvalue weighted by atomic mass is 9.93. The van der Waals surface area contributed by atoms with Crippen molar-refractivity contribution < 1.29 is 0 Å². The SMILES string of the molecule is C/C=C(/C=C(\C)c1cc2ccccc2c2ccccc12)c1nc(-c2ccccc2)nc(-c2ccccc2)n1.C=Cc1ccccc1C.CC. The summed E-state index contributed by atoms with van der Waals surface area (Å²) in [5.74, 6) is 1.98. The first-order valence-electron chi connectivity index (χ1n) is 16.9. The molecule has 0 spiro atoms. The Morgan fingerprint density at radius 3 is 1.65 bits per heavy atom. The zero-order valence-electron chi connectivity index (χ0n) is 29.1. The quantitative estimate of drug-likeness (QED) is 0.134. The Labute approximate surface area is 291 Å². The number of rotatable bonds is 6. The van der Waals surface area contributed by atoms with Crippen molar-refractivity contribution in [3.63, 3.8) is 0 Å². The molecule has 0 aliphatic rings. The van der Waals surface area contributed by atoms with Crippen LogP contribution in [-0.4, -0.2) is 15.0 Å². The monoisotopic (exact) mass is 637 g/mol. The van der Waals surface area contributed by atoms with E-state index in [2.05, 4.69) is 99.3 Å². The van der Waals surface area contributed by atoms with Crippen LogP contribution >= 0.6 is 0 Å². The summed E-state index contributed by atoms with van der Waals surface area (Å²) in [5.41, 5.74) is 7.75. The van der Waals surface area contributed by atoms with Gasteiger partial charge in [0.25, 0.3) is 0 Å². The second-order valence-corrected chi connectivity index (χ2v) is 11.4. The Hall–Kier alpha value is -5.93. The van der Waals surface area contributed by atoms with Crippen molar-refractivity contribution in [2.75, 3.05) is 0 Å². The Balaban J connectivity index is 0.000000367. The average Bonchev–Trinajstić information content (AvgIpc) is 3.18. The van der Waals surface area contributed by atoms with E-state index < -0.39 is 0 Å². The zero-order chi connectivity index (χ0) is 34.6. The molecule has 3 heteroatoms. The first kappa shape index (κ1) is 34.4. The zero-order valence-corrected chi connectivity index (χ0v) is 29.1. The molecule has 0 saturated heterocycles. The van der Waals surface area contributed by atoms with Crippen LogP contribution in [0.25, 0.3) is 61.5 Å². The topological polar surface area (TPSA) is 38.7 Å². The molecule has 0 bridgehead atoms. The van der Waals surface area contributed by atoms with Gasteiger partial charge in [0.05, 0.1) is 0 Å². The molecule has 49 heavy (non-hydrogen) atoms. The van der Waals surface area contributed by atoms with Crippen molar-refractivity contribution in [2.45, 2.75) is 34.6 Å². The summed E-state index contributed by atoms with van der Waals surface area (Å²) in [6.07, 6.45) is 6.14. The van der Waals surface area contributed by atoms with Gasteiger partial charge in [-0.3, -0.25) is 0 Å². The number of benzene rings is 6. The smallest absolute Gasteiger partial charge is 0.164 e. The van der Waals surface area contributed by atoms with Crippen LogP contribution in [0.15, 0.2) is 158 Å². The van der Waals surface area contributed by atoms with Gasteiger partial charge in [-0.05, 0) is 76.7 Å². The van der Waals surface area contributed by atoms with Crippen LogP contribution in [0.2, 0.25) is 0 Å². The molecule has 7 rings (SSSR count). The van der Waals surface area contributed by atoms with E-state index in [-0.39, 0.29) is 0 Å². The number of hydrogen-bond acceptors (Lipinski definition) is 3. The third kappa shape index (κ3) is 8.14. The average molecular weight is 638 g/mol. The Bertz CT molecular complexity index is 2170. The minimum Gasteiger partial charge on any atom is -0.208 e. The highest BCUT2D eigenvalue weighted by molar-refractivity contribution is 6.12. The first-order valence-corrected chi connectivity index (χ1v) is 16.9. The van der Waals surface area contributed by atoms with Gasteiger partial charge >= 0.3 is 0 Å². The van der Waals surface area contributed by atoms with Crippen LogP contribution in [0.1, 0.15) is 50.2 Å². The lowest BCUT2D eigenvalue weighted by molar-refractivity contribution is 1.04. The molecular weight excluding hydrogens is 595 g/mol. The van der Waals surface area contributed by atoms with E-state index in [0.717, 1.165) is 22.3 Å². The van der Waals surface area contributed by atoms with Gasteiger partial charge in [-0.15, -0.1) is 0 Å². The summed E-state index contributed by atoms with van der Waals surface area (Å²) >= 11 is 0. The summed E-state index contributed by atoms with van der Waals surface area (Å²) in [6, 6.07) is 47.8. The van der Waals surface area contributed by atoms with Crippen molar-refractivity contribution in [3.8, 4) is 22.8 Å². The molecule has 0 amide bonds. The molecule has 6 aromatic carbocycles. The molecule has 242 valence electrons. The van der Waals surface area contributed by atoms with Crippen molar-refractivity contribution in [3.05, 3.63) is 181 Å². The standard InChI is InChI=1S/C35H27N3.C9H10.C2H6/c1-3-25(22-24(2)32-23-28-18-10-11-19-29(28)30-20-12-13-21-31(30)32)33-36-34(26-14-6-4-7-15-26)38-35(37-33)27-16-8-5-9-17-27;1-3-9-7-5-4-6-8(9)2;1-2/h3-23H,1-2H3;3-7H,1H2,2H3;1-2H3/b24-22+,25-3-;;. The molecule has 3 nitrogen and oxygen atoms in total. The fourth-order valence-corrected chi connectivity index (χ4v) is 5.72. The van der Waals surface area contributed by atoms with Gasteiger partial charge in [-0.25, -0.2) is 15.0 Å². The Morgan fingerprint density at radius 2 is 1.10 bits per heavy atom. The van der Waals surface area contributed by atoms with Gasteiger partial charge in [-0.2, -0.15) is 0 Å². The van der Waals surface area contributed by atoms with Crippen molar-refractivity contribution in [1.29, 1.82) is 0 Å². The van der Waals surface area contributed by atoms with E-state index >= 15 is 0 Å². The second-order valence-electron chi connectivity index (χ2n) is 11.4. The van der Waals surface area contributed by atoms with E-state index in [1.54, 1.807) is 0 Å². The van der Waals surface area contributed by atoms with E-state index in [4.69, 9.17) is 15.0 Å². The van der Waals surface area contributed by atoms with Crippen LogP contribution in [-0.2, 0) is 0 Å². The fraction of sp³-hybridized carbons (Fsp3) is 0.109. The Kier molecular flexibility index (Phi) is 11.8. The molecule has 1 aromatic heterocycles. The van der Waals surface area contributed by atoms with Gasteiger partial charge < -0.3 is 0 Å². The van der Waals surface area contributed by atoms with Crippen molar-refractivity contribution in [1.82, 2.24) is 15.0 Å². The van der Waals surface area contributed by atoms with Gasteiger partial charge in [0, 0.05) is 16.7 Å². The summed E-state index contributed by atoms with van der Waals surface area (Å²) in [4.78, 5) is 14.7. The summed E-state index contributed by atoms with van der Waals surface area (Å²) in [6.45, 7) is 14.0. The first-order chi connectivity index (χ1) is 24.1. The molecule has 0 fully saturated rings. The summed E-state index contributed by atoms with van der Waals surface area (Å²) in [7, 11) is 0. The number of aryl methyl sites for hydroxylation is 1. The molecule has 0 N–H and O–H groups in total. The molecule has 7 aromatic rings. The fourth-order valence-electron chi connectivity index (χ4n) is 5.72. The van der Waals surface area contributed by atoms with E-state index in [1.807, 2.05) is 99.6 Å². The lowest BCUT2D eigenvalue weighted by Gasteiger charge is -2.13. The van der Waals surface area contributed by atoms with E-state index in [1.165, 1.54) is 38.2 Å². The minimum atomic E-state index is 0.657. The number of nitrogens with zero attached hydrogens (tertiary/aromatic N) is 3. The highest BCUT2D eigenvalue weighted by Gasteiger charge is 2.14. The molecule has 1 heterocycles. The summed E-state index contributed by atoms with van der Waals surface area (Å²) < 4.78 is 0. The number of allylic oxidation sites excluding steroid dienone is 4. The predicted octanol–water partition coefficient (Wildman–Crippen LogP) is 12.7. The van der Waals surface area contributed by atoms with Crippen LogP contribution < -0.4 is 0 Å². The van der Waals surface area contributed by atoms with Crippen molar-refractivity contribution in [2.24, 2.45) is 0 Å². The molecule has 0 saturated carbocycles. The predicted molar refractivity (Wildman–Crippen MR) is 212 cm³/mol. The van der Waals surface area contributed by atoms with Gasteiger partial charge in [-0.1, -0.05) is 166 Å². The molecule has 0 radical (unpaired) electrons.